The van der Waals surface area contributed by atoms with Gasteiger partial charge in [0.15, 0.2) is 5.96 Å². The van der Waals surface area contributed by atoms with E-state index < -0.39 is 0 Å². The SMILES string of the molecule is CCCCCCNC(=NCc1ccc(CN2CCOCC2)cc1)NCC.I. The summed E-state index contributed by atoms with van der Waals surface area (Å²) in [5.74, 6) is 0.918. The van der Waals surface area contributed by atoms with Gasteiger partial charge in [-0.25, -0.2) is 4.99 Å². The number of guanidine groups is 1. The standard InChI is InChI=1S/C21H36N4O.HI/c1-3-5-6-7-12-23-21(22-4-2)24-17-19-8-10-20(11-9-19)18-25-13-15-26-16-14-25;/h8-11H,3-7,12-18H2,1-2H3,(H2,22,23,24);1H. The predicted octanol–water partition coefficient (Wildman–Crippen LogP) is 3.77. The summed E-state index contributed by atoms with van der Waals surface area (Å²) in [6.07, 6.45) is 5.07. The van der Waals surface area contributed by atoms with Crippen molar-refractivity contribution in [3.05, 3.63) is 35.4 Å². The molecule has 1 heterocycles. The van der Waals surface area contributed by atoms with E-state index in [0.717, 1.165) is 51.9 Å². The molecule has 0 spiro atoms. The van der Waals surface area contributed by atoms with Crippen molar-refractivity contribution in [2.75, 3.05) is 39.4 Å². The van der Waals surface area contributed by atoms with Crippen molar-refractivity contribution in [1.29, 1.82) is 0 Å². The highest BCUT2D eigenvalue weighted by molar-refractivity contribution is 14.0. The van der Waals surface area contributed by atoms with Crippen molar-refractivity contribution < 1.29 is 4.74 Å². The number of nitrogens with one attached hydrogen (secondary N) is 2. The second-order valence-corrected chi connectivity index (χ2v) is 6.89. The molecule has 0 aromatic heterocycles. The summed E-state index contributed by atoms with van der Waals surface area (Å²) in [6, 6.07) is 8.85. The molecule has 1 aromatic carbocycles. The molecule has 0 aliphatic carbocycles. The topological polar surface area (TPSA) is 48.9 Å². The van der Waals surface area contributed by atoms with Crippen molar-refractivity contribution in [3.8, 4) is 0 Å². The Labute approximate surface area is 182 Å². The van der Waals surface area contributed by atoms with Crippen molar-refractivity contribution in [2.24, 2.45) is 4.99 Å². The molecule has 0 bridgehead atoms. The number of aliphatic imine (C=N–C) groups is 1. The summed E-state index contributed by atoms with van der Waals surface area (Å²) < 4.78 is 5.41. The van der Waals surface area contributed by atoms with Crippen LogP contribution in [0.25, 0.3) is 0 Å². The van der Waals surface area contributed by atoms with E-state index in [1.807, 2.05) is 0 Å². The van der Waals surface area contributed by atoms with Gasteiger partial charge in [0.2, 0.25) is 0 Å². The van der Waals surface area contributed by atoms with Gasteiger partial charge in [-0.1, -0.05) is 50.5 Å². The maximum absolute atomic E-state index is 5.41. The van der Waals surface area contributed by atoms with Crippen LogP contribution < -0.4 is 10.6 Å². The van der Waals surface area contributed by atoms with Gasteiger partial charge in [0, 0.05) is 32.7 Å². The number of hydrogen-bond acceptors (Lipinski definition) is 3. The number of unbranched alkanes of at least 4 members (excludes halogenated alkanes) is 3. The largest absolute Gasteiger partial charge is 0.379 e. The molecule has 1 aliphatic heterocycles. The molecule has 5 nitrogen and oxygen atoms in total. The maximum atomic E-state index is 5.41. The molecule has 0 atom stereocenters. The Morgan fingerprint density at radius 3 is 2.37 bits per heavy atom. The van der Waals surface area contributed by atoms with Crippen LogP contribution in [0, 0.1) is 0 Å². The lowest BCUT2D eigenvalue weighted by atomic mass is 10.1. The van der Waals surface area contributed by atoms with E-state index >= 15 is 0 Å². The van der Waals surface area contributed by atoms with E-state index in [-0.39, 0.29) is 24.0 Å². The predicted molar refractivity (Wildman–Crippen MR) is 125 cm³/mol. The molecular formula is C21H37IN4O. The van der Waals surface area contributed by atoms with E-state index in [1.54, 1.807) is 0 Å². The van der Waals surface area contributed by atoms with Gasteiger partial charge < -0.3 is 15.4 Å². The van der Waals surface area contributed by atoms with Gasteiger partial charge >= 0.3 is 0 Å². The fourth-order valence-corrected chi connectivity index (χ4v) is 3.04. The maximum Gasteiger partial charge on any atom is 0.191 e. The summed E-state index contributed by atoms with van der Waals surface area (Å²) >= 11 is 0. The van der Waals surface area contributed by atoms with E-state index in [2.05, 4.69) is 53.6 Å². The highest BCUT2D eigenvalue weighted by atomic mass is 127. The van der Waals surface area contributed by atoms with Crippen LogP contribution >= 0.6 is 24.0 Å². The minimum absolute atomic E-state index is 0. The molecule has 27 heavy (non-hydrogen) atoms. The Kier molecular flexibility index (Phi) is 13.5. The monoisotopic (exact) mass is 488 g/mol. The molecule has 0 amide bonds. The zero-order valence-electron chi connectivity index (χ0n) is 17.0. The molecular weight excluding hydrogens is 451 g/mol. The minimum Gasteiger partial charge on any atom is -0.379 e. The first kappa shape index (κ1) is 24.2. The number of ether oxygens (including phenoxy) is 1. The molecule has 154 valence electrons. The van der Waals surface area contributed by atoms with Crippen molar-refractivity contribution in [2.45, 2.75) is 52.6 Å². The van der Waals surface area contributed by atoms with Gasteiger partial charge in [-0.15, -0.1) is 24.0 Å². The highest BCUT2D eigenvalue weighted by Gasteiger charge is 2.10. The quantitative estimate of drug-likeness (QED) is 0.228. The van der Waals surface area contributed by atoms with Crippen LogP contribution in [-0.4, -0.2) is 50.3 Å². The van der Waals surface area contributed by atoms with Crippen LogP contribution in [0.3, 0.4) is 0 Å². The number of morpholine rings is 1. The first-order valence-electron chi connectivity index (χ1n) is 10.2. The molecule has 6 heteroatoms. The van der Waals surface area contributed by atoms with Gasteiger partial charge in [-0.3, -0.25) is 4.90 Å². The van der Waals surface area contributed by atoms with E-state index in [0.29, 0.717) is 6.54 Å². The number of nitrogens with zero attached hydrogens (tertiary/aromatic N) is 2. The third-order valence-electron chi connectivity index (χ3n) is 4.62. The van der Waals surface area contributed by atoms with Crippen LogP contribution in [0.15, 0.2) is 29.3 Å². The van der Waals surface area contributed by atoms with Crippen LogP contribution in [0.1, 0.15) is 50.7 Å². The Morgan fingerprint density at radius 2 is 1.70 bits per heavy atom. The zero-order chi connectivity index (χ0) is 18.5. The van der Waals surface area contributed by atoms with E-state index in [4.69, 9.17) is 9.73 Å². The van der Waals surface area contributed by atoms with Gasteiger partial charge in [0.05, 0.1) is 19.8 Å². The van der Waals surface area contributed by atoms with Crippen LogP contribution in [0.5, 0.6) is 0 Å². The first-order valence-corrected chi connectivity index (χ1v) is 10.2. The third-order valence-corrected chi connectivity index (χ3v) is 4.62. The average molecular weight is 488 g/mol. The molecule has 2 rings (SSSR count). The Morgan fingerprint density at radius 1 is 1.00 bits per heavy atom. The summed E-state index contributed by atoms with van der Waals surface area (Å²) in [7, 11) is 0. The van der Waals surface area contributed by atoms with Gasteiger partial charge in [-0.05, 0) is 24.5 Å². The molecule has 1 fully saturated rings. The lowest BCUT2D eigenvalue weighted by molar-refractivity contribution is 0.0342. The zero-order valence-corrected chi connectivity index (χ0v) is 19.3. The first-order chi connectivity index (χ1) is 12.8. The van der Waals surface area contributed by atoms with Gasteiger partial charge in [-0.2, -0.15) is 0 Å². The normalized spacial score (nSPS) is 15.3. The van der Waals surface area contributed by atoms with Crippen LogP contribution in [0.4, 0.5) is 0 Å². The average Bonchev–Trinajstić information content (AvgIpc) is 2.68. The molecule has 2 N–H and O–H groups in total. The van der Waals surface area contributed by atoms with Crippen LogP contribution in [-0.2, 0) is 17.8 Å². The van der Waals surface area contributed by atoms with Crippen molar-refractivity contribution in [3.63, 3.8) is 0 Å². The minimum atomic E-state index is 0. The number of benzene rings is 1. The van der Waals surface area contributed by atoms with Crippen molar-refractivity contribution in [1.82, 2.24) is 15.5 Å². The summed E-state index contributed by atoms with van der Waals surface area (Å²) in [4.78, 5) is 7.16. The van der Waals surface area contributed by atoms with E-state index in [9.17, 15) is 0 Å². The van der Waals surface area contributed by atoms with E-state index in [1.165, 1.54) is 36.8 Å². The van der Waals surface area contributed by atoms with Crippen molar-refractivity contribution >= 4 is 29.9 Å². The number of halogens is 1. The summed E-state index contributed by atoms with van der Waals surface area (Å²) in [5, 5.41) is 6.77. The van der Waals surface area contributed by atoms with Crippen LogP contribution in [0.2, 0.25) is 0 Å². The molecule has 0 radical (unpaired) electrons. The Bertz CT molecular complexity index is 515. The van der Waals surface area contributed by atoms with Gasteiger partial charge in [0.25, 0.3) is 0 Å². The second kappa shape index (κ2) is 15.1. The fraction of sp³-hybridized carbons (Fsp3) is 0.667. The number of hydrogen-bond donors (Lipinski definition) is 2. The lowest BCUT2D eigenvalue weighted by Gasteiger charge is -2.26. The summed E-state index contributed by atoms with van der Waals surface area (Å²) in [6.45, 7) is 11.7. The molecule has 1 aliphatic rings. The lowest BCUT2D eigenvalue weighted by Crippen LogP contribution is -2.37. The van der Waals surface area contributed by atoms with Gasteiger partial charge in [0.1, 0.15) is 0 Å². The highest BCUT2D eigenvalue weighted by Crippen LogP contribution is 2.10. The Balaban J connectivity index is 0.00000364. The number of rotatable bonds is 10. The molecule has 1 saturated heterocycles. The Hall–Kier alpha value is -0.860. The second-order valence-electron chi connectivity index (χ2n) is 6.89. The molecule has 0 saturated carbocycles. The third kappa shape index (κ3) is 10.3. The molecule has 0 unspecified atom stereocenters. The molecule has 1 aromatic rings. The smallest absolute Gasteiger partial charge is 0.191 e. The summed E-state index contributed by atoms with van der Waals surface area (Å²) in [5.41, 5.74) is 2.61. The fourth-order valence-electron chi connectivity index (χ4n) is 3.04.